The molecule has 1 unspecified atom stereocenters. The third kappa shape index (κ3) is 4.63. The summed E-state index contributed by atoms with van der Waals surface area (Å²) in [5.41, 5.74) is 0.667. The van der Waals surface area contributed by atoms with Crippen LogP contribution in [0.4, 0.5) is 14.6 Å². The second-order valence-electron chi connectivity index (χ2n) is 6.24. The second-order valence-corrected chi connectivity index (χ2v) is 8.17. The van der Waals surface area contributed by atoms with Gasteiger partial charge in [-0.2, -0.15) is 0 Å². The SMILES string of the molecule is CC(CNc1nc(SCc2cccc(F)c2F)nc2[nH]c(=O)sc12)N(C)C. The fraction of sp³-hybridized carbons (Fsp3) is 0.353. The van der Waals surface area contributed by atoms with E-state index in [0.29, 0.717) is 27.9 Å². The van der Waals surface area contributed by atoms with Crippen molar-refractivity contribution in [1.29, 1.82) is 0 Å². The highest BCUT2D eigenvalue weighted by atomic mass is 32.2. The number of nitrogens with one attached hydrogen (secondary N) is 2. The van der Waals surface area contributed by atoms with Crippen molar-refractivity contribution in [3.8, 4) is 0 Å². The molecule has 144 valence electrons. The molecule has 1 atom stereocenters. The Labute approximate surface area is 163 Å². The Morgan fingerprint density at radius 1 is 1.33 bits per heavy atom. The molecule has 0 bridgehead atoms. The third-order valence-electron chi connectivity index (χ3n) is 4.10. The molecule has 0 saturated carbocycles. The van der Waals surface area contributed by atoms with Gasteiger partial charge in [0.05, 0.1) is 0 Å². The Bertz CT molecular complexity index is 1000. The number of aromatic amines is 1. The number of rotatable bonds is 7. The summed E-state index contributed by atoms with van der Waals surface area (Å²) in [6.07, 6.45) is 0. The van der Waals surface area contributed by atoms with E-state index in [1.165, 1.54) is 23.9 Å². The van der Waals surface area contributed by atoms with Crippen LogP contribution >= 0.6 is 23.1 Å². The lowest BCUT2D eigenvalue weighted by Gasteiger charge is -2.20. The number of aromatic nitrogens is 3. The van der Waals surface area contributed by atoms with E-state index in [-0.39, 0.29) is 22.2 Å². The Morgan fingerprint density at radius 3 is 2.85 bits per heavy atom. The monoisotopic (exact) mass is 411 g/mol. The van der Waals surface area contributed by atoms with Crippen LogP contribution in [0, 0.1) is 11.6 Å². The minimum atomic E-state index is -0.883. The van der Waals surface area contributed by atoms with Gasteiger partial charge < -0.3 is 10.2 Å². The molecule has 0 amide bonds. The zero-order chi connectivity index (χ0) is 19.6. The Kier molecular flexibility index (Phi) is 6.08. The summed E-state index contributed by atoms with van der Waals surface area (Å²) in [5.74, 6) is -1.02. The van der Waals surface area contributed by atoms with Crippen molar-refractivity contribution in [3.05, 3.63) is 45.1 Å². The Balaban J connectivity index is 1.85. The van der Waals surface area contributed by atoms with Gasteiger partial charge in [0.25, 0.3) is 0 Å². The molecule has 3 aromatic rings. The predicted octanol–water partition coefficient (Wildman–Crippen LogP) is 3.31. The average molecular weight is 412 g/mol. The van der Waals surface area contributed by atoms with Crippen molar-refractivity contribution in [2.75, 3.05) is 26.0 Å². The fourth-order valence-corrected chi connectivity index (χ4v) is 3.80. The molecule has 0 radical (unpaired) electrons. The lowest BCUT2D eigenvalue weighted by atomic mass is 10.2. The molecule has 0 aliphatic heterocycles. The minimum Gasteiger partial charge on any atom is -0.367 e. The summed E-state index contributed by atoms with van der Waals surface area (Å²) in [7, 11) is 3.96. The van der Waals surface area contributed by atoms with Gasteiger partial charge in [-0.1, -0.05) is 35.2 Å². The van der Waals surface area contributed by atoms with Gasteiger partial charge in [0, 0.05) is 23.9 Å². The van der Waals surface area contributed by atoms with Crippen LogP contribution in [0.25, 0.3) is 10.3 Å². The number of benzene rings is 1. The van der Waals surface area contributed by atoms with E-state index in [1.54, 1.807) is 0 Å². The number of thiazole rings is 1. The minimum absolute atomic E-state index is 0.178. The fourth-order valence-electron chi connectivity index (χ4n) is 2.24. The van der Waals surface area contributed by atoms with E-state index in [4.69, 9.17) is 0 Å². The van der Waals surface area contributed by atoms with Crippen LogP contribution in [0.5, 0.6) is 0 Å². The predicted molar refractivity (Wildman–Crippen MR) is 106 cm³/mol. The average Bonchev–Trinajstić information content (AvgIpc) is 3.00. The lowest BCUT2D eigenvalue weighted by Crippen LogP contribution is -2.31. The number of nitrogens with zero attached hydrogens (tertiary/aromatic N) is 3. The number of hydrogen-bond acceptors (Lipinski definition) is 7. The van der Waals surface area contributed by atoms with E-state index < -0.39 is 11.6 Å². The summed E-state index contributed by atoms with van der Waals surface area (Å²) < 4.78 is 27.8. The molecule has 3 rings (SSSR count). The van der Waals surface area contributed by atoms with Gasteiger partial charge in [0.1, 0.15) is 4.70 Å². The largest absolute Gasteiger partial charge is 0.367 e. The standard InChI is InChI=1S/C17H19F2N5OS2/c1-9(24(2)3)7-20-14-13-15(23-17(25)27-13)22-16(21-14)26-8-10-5-4-6-11(18)12(10)19/h4-6,9H,7-8H2,1-3H3,(H2,20,21,22,23,25). The number of halogens is 2. The number of thioether (sulfide) groups is 1. The van der Waals surface area contributed by atoms with E-state index in [2.05, 4.69) is 32.1 Å². The Morgan fingerprint density at radius 2 is 2.11 bits per heavy atom. The van der Waals surface area contributed by atoms with Gasteiger partial charge in [-0.3, -0.25) is 9.78 Å². The molecule has 2 heterocycles. The normalized spacial score (nSPS) is 12.7. The summed E-state index contributed by atoms with van der Waals surface area (Å²) in [4.78, 5) is 25.0. The van der Waals surface area contributed by atoms with Crippen LogP contribution in [0.2, 0.25) is 0 Å². The molecular weight excluding hydrogens is 392 g/mol. The van der Waals surface area contributed by atoms with Crippen molar-refractivity contribution in [3.63, 3.8) is 0 Å². The molecule has 2 aromatic heterocycles. The molecule has 2 N–H and O–H groups in total. The van der Waals surface area contributed by atoms with E-state index in [9.17, 15) is 13.6 Å². The van der Waals surface area contributed by atoms with Gasteiger partial charge in [-0.25, -0.2) is 18.7 Å². The Hall–Kier alpha value is -2.04. The van der Waals surface area contributed by atoms with Crippen LogP contribution < -0.4 is 10.2 Å². The molecule has 10 heteroatoms. The number of anilines is 1. The topological polar surface area (TPSA) is 73.9 Å². The van der Waals surface area contributed by atoms with Crippen molar-refractivity contribution in [2.24, 2.45) is 0 Å². The first-order valence-electron chi connectivity index (χ1n) is 8.22. The molecule has 6 nitrogen and oxygen atoms in total. The van der Waals surface area contributed by atoms with Gasteiger partial charge in [-0.05, 0) is 27.1 Å². The van der Waals surface area contributed by atoms with Crippen LogP contribution in [0.1, 0.15) is 12.5 Å². The zero-order valence-corrected chi connectivity index (χ0v) is 16.7. The first-order chi connectivity index (χ1) is 12.8. The van der Waals surface area contributed by atoms with Gasteiger partial charge in [0.15, 0.2) is 28.3 Å². The number of likely N-dealkylation sites (N-methyl/N-ethyl adjacent to an activating group) is 1. The molecule has 0 aliphatic carbocycles. The quantitative estimate of drug-likeness (QED) is 0.459. The summed E-state index contributed by atoms with van der Waals surface area (Å²) >= 11 is 2.21. The molecular formula is C17H19F2N5OS2. The van der Waals surface area contributed by atoms with Gasteiger partial charge in [-0.15, -0.1) is 0 Å². The maximum Gasteiger partial charge on any atom is 0.306 e. The van der Waals surface area contributed by atoms with E-state index in [1.807, 2.05) is 14.1 Å². The number of H-pyrrole nitrogens is 1. The van der Waals surface area contributed by atoms with Crippen molar-refractivity contribution in [2.45, 2.75) is 23.9 Å². The van der Waals surface area contributed by atoms with Gasteiger partial charge in [0.2, 0.25) is 0 Å². The number of fused-ring (bicyclic) bond motifs is 1. The highest BCUT2D eigenvalue weighted by Crippen LogP contribution is 2.28. The molecule has 0 aliphatic rings. The van der Waals surface area contributed by atoms with Crippen molar-refractivity contribution >= 4 is 39.3 Å². The number of hydrogen-bond donors (Lipinski definition) is 2. The smallest absolute Gasteiger partial charge is 0.306 e. The molecule has 0 saturated heterocycles. The summed E-state index contributed by atoms with van der Waals surface area (Å²) in [6, 6.07) is 4.32. The van der Waals surface area contributed by atoms with Crippen LogP contribution in [-0.2, 0) is 5.75 Å². The molecule has 0 fully saturated rings. The lowest BCUT2D eigenvalue weighted by molar-refractivity contribution is 0.326. The third-order valence-corrected chi connectivity index (χ3v) is 5.87. The van der Waals surface area contributed by atoms with Crippen molar-refractivity contribution < 1.29 is 8.78 Å². The second kappa shape index (κ2) is 8.32. The van der Waals surface area contributed by atoms with Crippen molar-refractivity contribution in [1.82, 2.24) is 19.9 Å². The van der Waals surface area contributed by atoms with Crippen LogP contribution in [0.15, 0.2) is 28.2 Å². The molecule has 1 aromatic carbocycles. The summed E-state index contributed by atoms with van der Waals surface area (Å²) in [6.45, 7) is 2.70. The maximum atomic E-state index is 13.8. The first-order valence-corrected chi connectivity index (χ1v) is 10.0. The highest BCUT2D eigenvalue weighted by Gasteiger charge is 2.15. The van der Waals surface area contributed by atoms with E-state index >= 15 is 0 Å². The first kappa shape index (κ1) is 19.7. The summed E-state index contributed by atoms with van der Waals surface area (Å²) in [5, 5.41) is 3.63. The maximum absolute atomic E-state index is 13.8. The van der Waals surface area contributed by atoms with Gasteiger partial charge >= 0.3 is 4.87 Å². The van der Waals surface area contributed by atoms with Crippen LogP contribution in [-0.4, -0.2) is 46.5 Å². The van der Waals surface area contributed by atoms with E-state index in [0.717, 1.165) is 17.4 Å². The molecule has 0 spiro atoms. The highest BCUT2D eigenvalue weighted by molar-refractivity contribution is 7.98. The zero-order valence-electron chi connectivity index (χ0n) is 15.0. The molecule has 27 heavy (non-hydrogen) atoms. The van der Waals surface area contributed by atoms with Crippen LogP contribution in [0.3, 0.4) is 0 Å².